The van der Waals surface area contributed by atoms with Crippen LogP contribution in [0.3, 0.4) is 0 Å². The highest BCUT2D eigenvalue weighted by Crippen LogP contribution is 2.59. The molecule has 1 fully saturated rings. The molecule has 0 heterocycles. The molecule has 2 nitrogen and oxygen atoms in total. The summed E-state index contributed by atoms with van der Waals surface area (Å²) < 4.78 is 0. The third-order valence-electron chi connectivity index (χ3n) is 4.52. The van der Waals surface area contributed by atoms with Crippen molar-refractivity contribution < 1.29 is 4.79 Å². The van der Waals surface area contributed by atoms with Crippen molar-refractivity contribution in [2.45, 2.75) is 25.7 Å². The van der Waals surface area contributed by atoms with Crippen LogP contribution in [0.4, 0.5) is 0 Å². The van der Waals surface area contributed by atoms with Gasteiger partial charge in [-0.2, -0.15) is 0 Å². The minimum atomic E-state index is 0.228. The molecular weight excluding hydrogens is 302 g/mol. The zero-order valence-electron chi connectivity index (χ0n) is 11.2. The lowest BCUT2D eigenvalue weighted by molar-refractivity contribution is -0.122. The first-order valence-corrected chi connectivity index (χ1v) is 8.26. The monoisotopic (exact) mass is 321 g/mol. The molecule has 102 valence electrons. The highest BCUT2D eigenvalue weighted by atomic mass is 79.9. The van der Waals surface area contributed by atoms with Gasteiger partial charge in [0.15, 0.2) is 0 Å². The summed E-state index contributed by atoms with van der Waals surface area (Å²) in [7, 11) is 0. The standard InChI is InChI=1S/C16H20BrNO/c1-10(8-17)9-18-16(19)15-13-7-6-11-4-2-3-5-12(11)14(13)15/h2-5,10,13-15H,6-9H2,1H3,(H,18,19). The number of amides is 1. The number of hydrogen-bond acceptors (Lipinski definition) is 1. The lowest BCUT2D eigenvalue weighted by atomic mass is 9.92. The smallest absolute Gasteiger partial charge is 0.224 e. The number of halogens is 1. The number of nitrogens with one attached hydrogen (secondary N) is 1. The first-order valence-electron chi connectivity index (χ1n) is 7.14. The van der Waals surface area contributed by atoms with E-state index in [1.165, 1.54) is 17.5 Å². The number of hydrogen-bond donors (Lipinski definition) is 1. The minimum absolute atomic E-state index is 0.228. The molecule has 19 heavy (non-hydrogen) atoms. The molecule has 1 saturated carbocycles. The quantitative estimate of drug-likeness (QED) is 0.848. The van der Waals surface area contributed by atoms with Crippen LogP contribution in [0.15, 0.2) is 24.3 Å². The van der Waals surface area contributed by atoms with E-state index in [4.69, 9.17) is 0 Å². The first kappa shape index (κ1) is 13.2. The molecule has 0 radical (unpaired) electrons. The lowest BCUT2D eigenvalue weighted by Gasteiger charge is -2.13. The average molecular weight is 322 g/mol. The van der Waals surface area contributed by atoms with E-state index in [1.54, 1.807) is 0 Å². The summed E-state index contributed by atoms with van der Waals surface area (Å²) in [5.74, 6) is 2.07. The van der Waals surface area contributed by atoms with E-state index in [1.807, 2.05) is 0 Å². The van der Waals surface area contributed by atoms with E-state index in [9.17, 15) is 4.79 Å². The summed E-state index contributed by atoms with van der Waals surface area (Å²) in [6.45, 7) is 2.92. The van der Waals surface area contributed by atoms with Crippen molar-refractivity contribution in [3.8, 4) is 0 Å². The zero-order valence-corrected chi connectivity index (χ0v) is 12.8. The Balaban J connectivity index is 1.65. The SMILES string of the molecule is CC(CBr)CNC(=O)C1C2CCc3ccccc3C21. The molecule has 4 atom stereocenters. The molecule has 0 aromatic heterocycles. The number of carbonyl (C=O) groups excluding carboxylic acids is 1. The van der Waals surface area contributed by atoms with Gasteiger partial charge in [-0.1, -0.05) is 47.1 Å². The Hall–Kier alpha value is -0.830. The number of carbonyl (C=O) groups is 1. The van der Waals surface area contributed by atoms with Crippen LogP contribution >= 0.6 is 15.9 Å². The molecule has 0 saturated heterocycles. The molecule has 0 aliphatic heterocycles. The van der Waals surface area contributed by atoms with Crippen LogP contribution in [0, 0.1) is 17.8 Å². The van der Waals surface area contributed by atoms with E-state index in [2.05, 4.69) is 52.4 Å². The van der Waals surface area contributed by atoms with Gasteiger partial charge in [0.05, 0.1) is 0 Å². The Labute approximate surface area is 123 Å². The van der Waals surface area contributed by atoms with E-state index < -0.39 is 0 Å². The van der Waals surface area contributed by atoms with Crippen LogP contribution in [-0.4, -0.2) is 17.8 Å². The average Bonchev–Trinajstić information content (AvgIpc) is 3.19. The van der Waals surface area contributed by atoms with Crippen LogP contribution in [0.2, 0.25) is 0 Å². The summed E-state index contributed by atoms with van der Waals surface area (Å²) in [5.41, 5.74) is 2.88. The molecule has 1 amide bonds. The molecule has 1 N–H and O–H groups in total. The van der Waals surface area contributed by atoms with Crippen molar-refractivity contribution in [1.82, 2.24) is 5.32 Å². The maximum Gasteiger partial charge on any atom is 0.224 e. The molecule has 1 aromatic rings. The van der Waals surface area contributed by atoms with Crippen LogP contribution in [0.1, 0.15) is 30.4 Å². The summed E-state index contributed by atoms with van der Waals surface area (Å²) in [4.78, 5) is 12.3. The Morgan fingerprint density at radius 1 is 1.47 bits per heavy atom. The van der Waals surface area contributed by atoms with Crippen molar-refractivity contribution in [2.75, 3.05) is 11.9 Å². The summed E-state index contributed by atoms with van der Waals surface area (Å²) in [6.07, 6.45) is 2.31. The summed E-state index contributed by atoms with van der Waals surface area (Å²) >= 11 is 3.45. The maximum absolute atomic E-state index is 12.3. The Morgan fingerprint density at radius 3 is 3.05 bits per heavy atom. The molecule has 3 heteroatoms. The summed E-state index contributed by atoms with van der Waals surface area (Å²) in [6, 6.07) is 8.63. The number of alkyl halides is 1. The van der Waals surface area contributed by atoms with Gasteiger partial charge in [0, 0.05) is 17.8 Å². The second kappa shape index (κ2) is 5.28. The van der Waals surface area contributed by atoms with Gasteiger partial charge in [0.25, 0.3) is 0 Å². The fraction of sp³-hybridized carbons (Fsp3) is 0.562. The van der Waals surface area contributed by atoms with Gasteiger partial charge in [-0.3, -0.25) is 4.79 Å². The number of rotatable bonds is 4. The van der Waals surface area contributed by atoms with Crippen molar-refractivity contribution >= 4 is 21.8 Å². The third kappa shape index (κ3) is 2.45. The number of aryl methyl sites for hydroxylation is 1. The molecule has 2 aliphatic rings. The molecule has 0 spiro atoms. The number of fused-ring (bicyclic) bond motifs is 3. The lowest BCUT2D eigenvalue weighted by Crippen LogP contribution is -2.30. The molecule has 1 aromatic carbocycles. The highest BCUT2D eigenvalue weighted by molar-refractivity contribution is 9.09. The van der Waals surface area contributed by atoms with Gasteiger partial charge in [0.2, 0.25) is 5.91 Å². The maximum atomic E-state index is 12.3. The zero-order chi connectivity index (χ0) is 13.4. The van der Waals surface area contributed by atoms with E-state index >= 15 is 0 Å². The Morgan fingerprint density at radius 2 is 2.26 bits per heavy atom. The second-order valence-electron chi connectivity index (χ2n) is 5.96. The van der Waals surface area contributed by atoms with Crippen molar-refractivity contribution in [2.24, 2.45) is 17.8 Å². The second-order valence-corrected chi connectivity index (χ2v) is 6.61. The highest BCUT2D eigenvalue weighted by Gasteiger charge is 2.56. The van der Waals surface area contributed by atoms with Crippen LogP contribution < -0.4 is 5.32 Å². The molecule has 0 bridgehead atoms. The van der Waals surface area contributed by atoms with Crippen molar-refractivity contribution in [1.29, 1.82) is 0 Å². The molecule has 4 unspecified atom stereocenters. The van der Waals surface area contributed by atoms with Crippen LogP contribution in [0.5, 0.6) is 0 Å². The van der Waals surface area contributed by atoms with Gasteiger partial charge >= 0.3 is 0 Å². The molecular formula is C16H20BrNO. The fourth-order valence-corrected chi connectivity index (χ4v) is 3.60. The van der Waals surface area contributed by atoms with Gasteiger partial charge in [-0.25, -0.2) is 0 Å². The normalized spacial score (nSPS) is 29.1. The molecule has 2 aliphatic carbocycles. The summed E-state index contributed by atoms with van der Waals surface area (Å²) in [5, 5.41) is 4.05. The van der Waals surface area contributed by atoms with Crippen molar-refractivity contribution in [3.05, 3.63) is 35.4 Å². The fourth-order valence-electron chi connectivity index (χ4n) is 3.37. The van der Waals surface area contributed by atoms with Crippen LogP contribution in [0.25, 0.3) is 0 Å². The van der Waals surface area contributed by atoms with Crippen molar-refractivity contribution in [3.63, 3.8) is 0 Å². The number of benzene rings is 1. The predicted octanol–water partition coefficient (Wildman–Crippen LogP) is 3.11. The largest absolute Gasteiger partial charge is 0.356 e. The first-order chi connectivity index (χ1) is 9.22. The molecule has 3 rings (SSSR count). The Bertz CT molecular complexity index is 487. The third-order valence-corrected chi connectivity index (χ3v) is 5.63. The Kier molecular flexibility index (Phi) is 3.66. The van der Waals surface area contributed by atoms with E-state index in [0.29, 0.717) is 17.8 Å². The van der Waals surface area contributed by atoms with Crippen LogP contribution in [-0.2, 0) is 11.2 Å². The topological polar surface area (TPSA) is 29.1 Å². The van der Waals surface area contributed by atoms with Gasteiger partial charge in [-0.15, -0.1) is 0 Å². The van der Waals surface area contributed by atoms with Gasteiger partial charge in [-0.05, 0) is 41.7 Å². The van der Waals surface area contributed by atoms with E-state index in [-0.39, 0.29) is 11.8 Å². The minimum Gasteiger partial charge on any atom is -0.356 e. The van der Waals surface area contributed by atoms with E-state index in [0.717, 1.165) is 18.3 Å². The van der Waals surface area contributed by atoms with Gasteiger partial charge in [0.1, 0.15) is 0 Å². The predicted molar refractivity (Wildman–Crippen MR) is 80.5 cm³/mol. The van der Waals surface area contributed by atoms with Gasteiger partial charge < -0.3 is 5.32 Å².